The summed E-state index contributed by atoms with van der Waals surface area (Å²) in [6, 6.07) is 0. The molecule has 1 unspecified atom stereocenters. The van der Waals surface area contributed by atoms with Crippen LogP contribution in [0.5, 0.6) is 0 Å². The Morgan fingerprint density at radius 2 is 2.60 bits per heavy atom. The minimum Gasteiger partial charge on any atom is -0.370 e. The molecule has 0 bridgehead atoms. The summed E-state index contributed by atoms with van der Waals surface area (Å²) in [6.07, 6.45) is -1.00. The Labute approximate surface area is 56.5 Å². The van der Waals surface area contributed by atoms with Crippen LogP contribution in [0.2, 0.25) is 0 Å². The van der Waals surface area contributed by atoms with Crippen molar-refractivity contribution in [3.8, 4) is 0 Å². The van der Waals surface area contributed by atoms with Crippen molar-refractivity contribution in [2.24, 2.45) is 10.7 Å². The van der Waals surface area contributed by atoms with Crippen LogP contribution in [0.15, 0.2) is 4.99 Å². The third-order valence-corrected chi connectivity index (χ3v) is 1.03. The monoisotopic (exact) mass is 145 g/mol. The van der Waals surface area contributed by atoms with Crippen molar-refractivity contribution in [1.82, 2.24) is 10.6 Å². The average Bonchev–Trinajstić information content (AvgIpc) is 1.88. The minimum atomic E-state index is -1.00. The second-order valence-electron chi connectivity index (χ2n) is 1.74. The van der Waals surface area contributed by atoms with Gasteiger partial charge in [0, 0.05) is 0 Å². The van der Waals surface area contributed by atoms with E-state index in [1.54, 1.807) is 0 Å². The fraction of sp³-hybridized carbons (Fsp3) is 0.667. The molecule has 1 atom stereocenters. The number of nitrogens with zero attached hydrogens (tertiary/aromatic N) is 2. The Kier molecular flexibility index (Phi) is 1.67. The summed E-state index contributed by atoms with van der Waals surface area (Å²) in [5.74, 6) is 0.0976. The van der Waals surface area contributed by atoms with Crippen LogP contribution in [0.4, 0.5) is 0 Å². The molecule has 0 aliphatic carbocycles. The van der Waals surface area contributed by atoms with Crippen LogP contribution >= 0.6 is 0 Å². The molecule has 0 amide bonds. The summed E-state index contributed by atoms with van der Waals surface area (Å²) in [6.45, 7) is 0.185. The first-order valence-electron chi connectivity index (χ1n) is 2.63. The second kappa shape index (κ2) is 2.48. The standard InChI is InChI=1S/C3H7N5O2/c4-2-5-1-6-3(7-2)8(9)10/h3,6H,1H2,(H3,4,5,7). The molecule has 7 heteroatoms. The van der Waals surface area contributed by atoms with E-state index in [0.29, 0.717) is 0 Å². The highest BCUT2D eigenvalue weighted by Crippen LogP contribution is 1.84. The number of nitrogens with two attached hydrogens (primary N) is 1. The molecule has 56 valence electrons. The molecule has 7 nitrogen and oxygen atoms in total. The molecule has 1 heterocycles. The molecule has 4 N–H and O–H groups in total. The lowest BCUT2D eigenvalue weighted by atomic mass is 10.7. The molecule has 1 aliphatic heterocycles. The number of nitrogens with one attached hydrogen (secondary N) is 2. The number of hydrogen-bond donors (Lipinski definition) is 3. The first kappa shape index (κ1) is 6.75. The zero-order valence-electron chi connectivity index (χ0n) is 5.07. The molecular formula is C3H7N5O2. The maximum absolute atomic E-state index is 10.1. The van der Waals surface area contributed by atoms with E-state index in [1.807, 2.05) is 0 Å². The van der Waals surface area contributed by atoms with Gasteiger partial charge in [-0.15, -0.1) is 0 Å². The van der Waals surface area contributed by atoms with Gasteiger partial charge in [-0.25, -0.2) is 10.3 Å². The predicted molar refractivity (Wildman–Crippen MR) is 33.5 cm³/mol. The van der Waals surface area contributed by atoms with E-state index < -0.39 is 11.2 Å². The van der Waals surface area contributed by atoms with Gasteiger partial charge in [0.1, 0.15) is 0 Å². The Hall–Kier alpha value is -1.37. The van der Waals surface area contributed by atoms with Crippen LogP contribution in [-0.4, -0.2) is 23.8 Å². The summed E-state index contributed by atoms with van der Waals surface area (Å²) in [5, 5.41) is 14.9. The van der Waals surface area contributed by atoms with Crippen LogP contribution in [0, 0.1) is 10.1 Å². The normalized spacial score (nSPS) is 24.8. The van der Waals surface area contributed by atoms with Crippen molar-refractivity contribution in [3.63, 3.8) is 0 Å². The number of hydrogen-bond acceptors (Lipinski definition) is 6. The Morgan fingerprint density at radius 1 is 1.90 bits per heavy atom. The summed E-state index contributed by atoms with van der Waals surface area (Å²) in [7, 11) is 0. The Bertz CT molecular complexity index is 178. The number of aliphatic imine (C=N–C) groups is 1. The van der Waals surface area contributed by atoms with Crippen molar-refractivity contribution in [2.75, 3.05) is 6.67 Å². The molecule has 0 aromatic heterocycles. The largest absolute Gasteiger partial charge is 0.370 e. The van der Waals surface area contributed by atoms with Crippen LogP contribution in [0.25, 0.3) is 0 Å². The van der Waals surface area contributed by atoms with E-state index in [2.05, 4.69) is 15.6 Å². The fourth-order valence-electron chi connectivity index (χ4n) is 0.581. The smallest absolute Gasteiger partial charge is 0.347 e. The molecule has 0 saturated carbocycles. The third kappa shape index (κ3) is 1.32. The lowest BCUT2D eigenvalue weighted by molar-refractivity contribution is -0.534. The highest BCUT2D eigenvalue weighted by molar-refractivity contribution is 5.78. The number of rotatable bonds is 1. The van der Waals surface area contributed by atoms with Gasteiger partial charge >= 0.3 is 6.29 Å². The average molecular weight is 145 g/mol. The molecule has 0 aromatic carbocycles. The van der Waals surface area contributed by atoms with E-state index in [4.69, 9.17) is 5.73 Å². The zero-order valence-corrected chi connectivity index (χ0v) is 5.07. The molecule has 0 saturated heterocycles. The minimum absolute atomic E-state index is 0.0976. The SMILES string of the molecule is NC1=NCNC([N+](=O)[O-])N1. The molecule has 10 heavy (non-hydrogen) atoms. The van der Waals surface area contributed by atoms with Gasteiger partial charge < -0.3 is 5.73 Å². The van der Waals surface area contributed by atoms with Crippen molar-refractivity contribution in [1.29, 1.82) is 0 Å². The van der Waals surface area contributed by atoms with E-state index in [9.17, 15) is 10.1 Å². The van der Waals surface area contributed by atoms with Crippen molar-refractivity contribution >= 4 is 5.96 Å². The van der Waals surface area contributed by atoms with Crippen LogP contribution < -0.4 is 16.4 Å². The number of nitro groups is 1. The molecule has 0 fully saturated rings. The van der Waals surface area contributed by atoms with Crippen molar-refractivity contribution in [3.05, 3.63) is 10.1 Å². The van der Waals surface area contributed by atoms with E-state index in [1.165, 1.54) is 0 Å². The van der Waals surface area contributed by atoms with Crippen molar-refractivity contribution in [2.45, 2.75) is 6.29 Å². The molecule has 0 radical (unpaired) electrons. The quantitative estimate of drug-likeness (QED) is 0.292. The second-order valence-corrected chi connectivity index (χ2v) is 1.74. The van der Waals surface area contributed by atoms with E-state index >= 15 is 0 Å². The van der Waals surface area contributed by atoms with Gasteiger partial charge in [0.25, 0.3) is 0 Å². The third-order valence-electron chi connectivity index (χ3n) is 1.03. The summed E-state index contributed by atoms with van der Waals surface area (Å²) >= 11 is 0. The predicted octanol–water partition coefficient (Wildman–Crippen LogP) is -1.99. The highest BCUT2D eigenvalue weighted by atomic mass is 16.6. The molecule has 1 rings (SSSR count). The molecular weight excluding hydrogens is 138 g/mol. The molecule has 0 aromatic rings. The maximum atomic E-state index is 10.1. The summed E-state index contributed by atoms with van der Waals surface area (Å²) in [4.78, 5) is 13.2. The zero-order chi connectivity index (χ0) is 7.56. The van der Waals surface area contributed by atoms with Gasteiger partial charge in [0.15, 0.2) is 5.96 Å². The Morgan fingerprint density at radius 3 is 3.00 bits per heavy atom. The number of guanidine groups is 1. The van der Waals surface area contributed by atoms with E-state index in [0.717, 1.165) is 0 Å². The topological polar surface area (TPSA) is 106 Å². The van der Waals surface area contributed by atoms with Crippen LogP contribution in [-0.2, 0) is 0 Å². The van der Waals surface area contributed by atoms with Crippen LogP contribution in [0.1, 0.15) is 0 Å². The van der Waals surface area contributed by atoms with Gasteiger partial charge in [0.2, 0.25) is 0 Å². The van der Waals surface area contributed by atoms with E-state index in [-0.39, 0.29) is 12.6 Å². The van der Waals surface area contributed by atoms with Gasteiger partial charge in [-0.3, -0.25) is 15.4 Å². The lowest BCUT2D eigenvalue weighted by Crippen LogP contribution is -2.56. The first-order valence-corrected chi connectivity index (χ1v) is 2.63. The van der Waals surface area contributed by atoms with Gasteiger partial charge in [-0.05, 0) is 0 Å². The Balaban J connectivity index is 2.53. The molecule has 1 aliphatic rings. The first-order chi connectivity index (χ1) is 4.70. The van der Waals surface area contributed by atoms with Crippen LogP contribution in [0.3, 0.4) is 0 Å². The highest BCUT2D eigenvalue weighted by Gasteiger charge is 2.21. The fourth-order valence-corrected chi connectivity index (χ4v) is 0.581. The lowest BCUT2D eigenvalue weighted by Gasteiger charge is -2.15. The van der Waals surface area contributed by atoms with Crippen molar-refractivity contribution < 1.29 is 4.92 Å². The maximum Gasteiger partial charge on any atom is 0.347 e. The summed E-state index contributed by atoms with van der Waals surface area (Å²) in [5.41, 5.74) is 5.16. The van der Waals surface area contributed by atoms with Gasteiger partial charge in [-0.1, -0.05) is 0 Å². The van der Waals surface area contributed by atoms with Gasteiger partial charge in [0.05, 0.1) is 11.6 Å². The molecule has 0 spiro atoms. The van der Waals surface area contributed by atoms with Gasteiger partial charge in [-0.2, -0.15) is 0 Å². The summed E-state index contributed by atoms with van der Waals surface area (Å²) < 4.78 is 0.